The van der Waals surface area contributed by atoms with Gasteiger partial charge in [0.15, 0.2) is 0 Å². The maximum atomic E-state index is 12.6. The van der Waals surface area contributed by atoms with Crippen molar-refractivity contribution in [1.82, 2.24) is 4.90 Å². The summed E-state index contributed by atoms with van der Waals surface area (Å²) in [5, 5.41) is 11.1. The molecule has 0 aliphatic carbocycles. The van der Waals surface area contributed by atoms with E-state index in [0.717, 1.165) is 30.8 Å². The highest BCUT2D eigenvalue weighted by molar-refractivity contribution is 7.99. The van der Waals surface area contributed by atoms with Gasteiger partial charge in [0.1, 0.15) is 0 Å². The Morgan fingerprint density at radius 1 is 1.19 bits per heavy atom. The molecule has 0 N–H and O–H groups in total. The second-order valence-corrected chi connectivity index (χ2v) is 7.80. The number of hydrogen-bond donors (Lipinski definition) is 0. The number of carbonyl (C=O) groups is 1. The molecule has 1 unspecified atom stereocenters. The van der Waals surface area contributed by atoms with Crippen molar-refractivity contribution in [3.05, 3.63) is 75.3 Å². The quantitative estimate of drug-likeness (QED) is 0.599. The van der Waals surface area contributed by atoms with Crippen LogP contribution in [0, 0.1) is 17.0 Å². The maximum absolute atomic E-state index is 12.6. The van der Waals surface area contributed by atoms with E-state index >= 15 is 0 Å². The summed E-state index contributed by atoms with van der Waals surface area (Å²) >= 11 is 1.92. The third-order valence-electron chi connectivity index (χ3n) is 4.73. The lowest BCUT2D eigenvalue weighted by Gasteiger charge is -2.20. The van der Waals surface area contributed by atoms with Crippen LogP contribution in [0.5, 0.6) is 0 Å². The molecule has 136 valence electrons. The van der Waals surface area contributed by atoms with Gasteiger partial charge in [0.2, 0.25) is 5.91 Å². The minimum Gasteiger partial charge on any atom is -0.342 e. The van der Waals surface area contributed by atoms with Crippen LogP contribution in [0.25, 0.3) is 0 Å². The van der Waals surface area contributed by atoms with Crippen LogP contribution >= 0.6 is 11.8 Å². The Hall–Kier alpha value is -2.34. The lowest BCUT2D eigenvalue weighted by atomic mass is 10.0. The molecule has 26 heavy (non-hydrogen) atoms. The highest BCUT2D eigenvalue weighted by Crippen LogP contribution is 2.36. The van der Waals surface area contributed by atoms with Crippen molar-refractivity contribution in [2.45, 2.75) is 25.0 Å². The summed E-state index contributed by atoms with van der Waals surface area (Å²) in [6, 6.07) is 14.7. The molecule has 1 fully saturated rings. The third kappa shape index (κ3) is 4.43. The molecule has 1 atom stereocenters. The summed E-state index contributed by atoms with van der Waals surface area (Å²) in [4.78, 5) is 24.8. The Morgan fingerprint density at radius 2 is 1.92 bits per heavy atom. The van der Waals surface area contributed by atoms with Crippen molar-refractivity contribution in [3.8, 4) is 0 Å². The Bertz CT molecular complexity index is 792. The van der Waals surface area contributed by atoms with Gasteiger partial charge in [-0.2, -0.15) is 11.8 Å². The third-order valence-corrected chi connectivity index (χ3v) is 6.04. The van der Waals surface area contributed by atoms with Gasteiger partial charge in [0, 0.05) is 36.2 Å². The lowest BCUT2D eigenvalue weighted by molar-refractivity contribution is -0.384. The van der Waals surface area contributed by atoms with Gasteiger partial charge in [-0.15, -0.1) is 0 Å². The average Bonchev–Trinajstić information content (AvgIpc) is 2.89. The Kier molecular flexibility index (Phi) is 5.93. The molecule has 0 saturated carbocycles. The molecular weight excluding hydrogens is 348 g/mol. The Labute approximate surface area is 157 Å². The van der Waals surface area contributed by atoms with Crippen molar-refractivity contribution in [2.75, 3.05) is 18.8 Å². The predicted octanol–water partition coefficient (Wildman–Crippen LogP) is 4.15. The fourth-order valence-electron chi connectivity index (χ4n) is 3.24. The zero-order valence-corrected chi connectivity index (χ0v) is 15.6. The van der Waals surface area contributed by atoms with Crippen LogP contribution in [-0.4, -0.2) is 34.6 Å². The topological polar surface area (TPSA) is 63.5 Å². The highest BCUT2D eigenvalue weighted by atomic mass is 32.2. The van der Waals surface area contributed by atoms with E-state index in [2.05, 4.69) is 31.2 Å². The highest BCUT2D eigenvalue weighted by Gasteiger charge is 2.23. The van der Waals surface area contributed by atoms with Crippen molar-refractivity contribution < 1.29 is 9.72 Å². The van der Waals surface area contributed by atoms with Crippen LogP contribution in [0.2, 0.25) is 0 Å². The fourth-order valence-corrected chi connectivity index (χ4v) is 4.56. The summed E-state index contributed by atoms with van der Waals surface area (Å²) in [5.41, 5.74) is 3.53. The maximum Gasteiger partial charge on any atom is 0.269 e. The van der Waals surface area contributed by atoms with Gasteiger partial charge in [-0.05, 0) is 30.0 Å². The second-order valence-electron chi connectivity index (χ2n) is 6.49. The summed E-state index contributed by atoms with van der Waals surface area (Å²) < 4.78 is 0. The molecular formula is C20H22N2O3S. The van der Waals surface area contributed by atoms with Crippen LogP contribution in [0.4, 0.5) is 5.69 Å². The SMILES string of the molecule is Cc1ccccc1C1CCN(C(=O)Cc2ccc([N+](=O)[O-])cc2)CCS1. The number of thioether (sulfide) groups is 1. The molecule has 1 heterocycles. The molecule has 2 aromatic carbocycles. The van der Waals surface area contributed by atoms with Crippen LogP contribution in [0.15, 0.2) is 48.5 Å². The van der Waals surface area contributed by atoms with Gasteiger partial charge in [0.25, 0.3) is 5.69 Å². The smallest absolute Gasteiger partial charge is 0.269 e. The summed E-state index contributed by atoms with van der Waals surface area (Å²) in [6.07, 6.45) is 1.24. The number of nitrogens with zero attached hydrogens (tertiary/aromatic N) is 2. The molecule has 1 amide bonds. The van der Waals surface area contributed by atoms with Crippen LogP contribution in [-0.2, 0) is 11.2 Å². The minimum absolute atomic E-state index is 0.0495. The standard InChI is InChI=1S/C20H22N2O3S/c1-15-4-2-3-5-18(15)19-10-11-21(12-13-26-19)20(23)14-16-6-8-17(9-7-16)22(24)25/h2-9,19H,10-14H2,1H3. The number of benzene rings is 2. The first-order valence-electron chi connectivity index (χ1n) is 8.73. The van der Waals surface area contributed by atoms with E-state index in [9.17, 15) is 14.9 Å². The summed E-state index contributed by atoms with van der Waals surface area (Å²) in [6.45, 7) is 3.63. The van der Waals surface area contributed by atoms with Crippen LogP contribution in [0.3, 0.4) is 0 Å². The predicted molar refractivity (Wildman–Crippen MR) is 104 cm³/mol. The van der Waals surface area contributed by atoms with E-state index < -0.39 is 4.92 Å². The molecule has 1 saturated heterocycles. The van der Waals surface area contributed by atoms with E-state index in [1.54, 1.807) is 12.1 Å². The van der Waals surface area contributed by atoms with E-state index in [0.29, 0.717) is 5.25 Å². The zero-order valence-electron chi connectivity index (χ0n) is 14.8. The van der Waals surface area contributed by atoms with Gasteiger partial charge in [-0.25, -0.2) is 0 Å². The molecule has 3 rings (SSSR count). The van der Waals surface area contributed by atoms with Gasteiger partial charge >= 0.3 is 0 Å². The van der Waals surface area contributed by atoms with Crippen molar-refractivity contribution in [2.24, 2.45) is 0 Å². The van der Waals surface area contributed by atoms with E-state index in [1.165, 1.54) is 23.3 Å². The average molecular weight is 370 g/mol. The first kappa shape index (κ1) is 18.5. The van der Waals surface area contributed by atoms with Crippen molar-refractivity contribution in [3.63, 3.8) is 0 Å². The molecule has 2 aromatic rings. The number of nitro benzene ring substituents is 1. The lowest BCUT2D eigenvalue weighted by Crippen LogP contribution is -2.34. The van der Waals surface area contributed by atoms with E-state index in [-0.39, 0.29) is 18.0 Å². The number of non-ortho nitro benzene ring substituents is 1. The van der Waals surface area contributed by atoms with Gasteiger partial charge in [0.05, 0.1) is 11.3 Å². The first-order chi connectivity index (χ1) is 12.5. The largest absolute Gasteiger partial charge is 0.342 e. The normalized spacial score (nSPS) is 17.6. The number of amides is 1. The van der Waals surface area contributed by atoms with Gasteiger partial charge < -0.3 is 4.90 Å². The molecule has 5 nitrogen and oxygen atoms in total. The van der Waals surface area contributed by atoms with Gasteiger partial charge in [-0.3, -0.25) is 14.9 Å². The molecule has 0 bridgehead atoms. The molecule has 1 aliphatic rings. The van der Waals surface area contributed by atoms with E-state index in [4.69, 9.17) is 0 Å². The number of aryl methyl sites for hydroxylation is 1. The fraction of sp³-hybridized carbons (Fsp3) is 0.350. The van der Waals surface area contributed by atoms with Crippen molar-refractivity contribution >= 4 is 23.4 Å². The second kappa shape index (κ2) is 8.36. The molecule has 6 heteroatoms. The molecule has 1 aliphatic heterocycles. The Morgan fingerprint density at radius 3 is 2.62 bits per heavy atom. The number of nitro groups is 1. The number of hydrogen-bond acceptors (Lipinski definition) is 4. The van der Waals surface area contributed by atoms with Crippen LogP contribution in [0.1, 0.15) is 28.4 Å². The Balaban J connectivity index is 1.60. The van der Waals surface area contributed by atoms with Crippen molar-refractivity contribution in [1.29, 1.82) is 0 Å². The first-order valence-corrected chi connectivity index (χ1v) is 9.77. The van der Waals surface area contributed by atoms with Gasteiger partial charge in [-0.1, -0.05) is 36.4 Å². The molecule has 0 aromatic heterocycles. The number of rotatable bonds is 4. The zero-order chi connectivity index (χ0) is 18.5. The number of carbonyl (C=O) groups excluding carboxylic acids is 1. The monoisotopic (exact) mass is 370 g/mol. The summed E-state index contributed by atoms with van der Waals surface area (Å²) in [7, 11) is 0. The van der Waals surface area contributed by atoms with E-state index in [1.807, 2.05) is 16.7 Å². The molecule has 0 radical (unpaired) electrons. The molecule has 0 spiro atoms. The van der Waals surface area contributed by atoms with Crippen LogP contribution < -0.4 is 0 Å². The summed E-state index contributed by atoms with van der Waals surface area (Å²) in [5.74, 6) is 1.01. The minimum atomic E-state index is -0.427.